The van der Waals surface area contributed by atoms with Crippen LogP contribution in [0.15, 0.2) is 6.07 Å². The van der Waals surface area contributed by atoms with E-state index >= 15 is 0 Å². The van der Waals surface area contributed by atoms with Gasteiger partial charge in [-0.15, -0.1) is 0 Å². The lowest BCUT2D eigenvalue weighted by Crippen LogP contribution is -2.22. The zero-order valence-corrected chi connectivity index (χ0v) is 9.36. The van der Waals surface area contributed by atoms with Crippen LogP contribution in [-0.4, -0.2) is 7.11 Å². The second kappa shape index (κ2) is 3.20. The summed E-state index contributed by atoms with van der Waals surface area (Å²) in [6.07, 6.45) is 1.67. The Labute approximate surface area is 89.2 Å². The van der Waals surface area contributed by atoms with E-state index in [0.717, 1.165) is 18.4 Å². The molecule has 0 heterocycles. The summed E-state index contributed by atoms with van der Waals surface area (Å²) in [4.78, 5) is 0. The van der Waals surface area contributed by atoms with Gasteiger partial charge in [-0.05, 0) is 43.9 Å². The third kappa shape index (κ3) is 1.51. The maximum Gasteiger partial charge on any atom is 0.134 e. The highest BCUT2D eigenvalue weighted by molar-refractivity contribution is 5.50. The van der Waals surface area contributed by atoms with E-state index < -0.39 is 5.54 Å². The van der Waals surface area contributed by atoms with Crippen LogP contribution in [0.3, 0.4) is 0 Å². The normalized spacial score (nSPS) is 17.7. The SMILES string of the molecule is COc1c(C)cc(C)c(F)c1C1(N)CC1. The van der Waals surface area contributed by atoms with E-state index in [2.05, 4.69) is 0 Å². The van der Waals surface area contributed by atoms with Gasteiger partial charge in [-0.1, -0.05) is 0 Å². The molecule has 1 aromatic carbocycles. The quantitative estimate of drug-likeness (QED) is 0.811. The average molecular weight is 209 g/mol. The van der Waals surface area contributed by atoms with Crippen molar-refractivity contribution >= 4 is 0 Å². The standard InChI is InChI=1S/C12H16FNO/c1-7-6-8(2)11(15-3)9(10(7)13)12(14)4-5-12/h6H,4-5,14H2,1-3H3. The first-order chi connectivity index (χ1) is 6.99. The first-order valence-electron chi connectivity index (χ1n) is 5.12. The van der Waals surface area contributed by atoms with Gasteiger partial charge in [-0.25, -0.2) is 4.39 Å². The van der Waals surface area contributed by atoms with Crippen LogP contribution in [0.2, 0.25) is 0 Å². The van der Waals surface area contributed by atoms with E-state index in [0.29, 0.717) is 16.9 Å². The molecule has 82 valence electrons. The smallest absolute Gasteiger partial charge is 0.134 e. The summed E-state index contributed by atoms with van der Waals surface area (Å²) in [6, 6.07) is 1.80. The molecule has 0 saturated heterocycles. The molecule has 1 fully saturated rings. The number of aryl methyl sites for hydroxylation is 2. The van der Waals surface area contributed by atoms with Crippen molar-refractivity contribution < 1.29 is 9.13 Å². The Morgan fingerprint density at radius 2 is 1.93 bits per heavy atom. The van der Waals surface area contributed by atoms with E-state index in [1.165, 1.54) is 0 Å². The number of benzene rings is 1. The number of rotatable bonds is 2. The Bertz CT molecular complexity index is 411. The Morgan fingerprint density at radius 3 is 2.40 bits per heavy atom. The number of ether oxygens (including phenoxy) is 1. The summed E-state index contributed by atoms with van der Waals surface area (Å²) in [6.45, 7) is 3.68. The molecule has 0 spiro atoms. The molecule has 0 unspecified atom stereocenters. The molecule has 0 aromatic heterocycles. The van der Waals surface area contributed by atoms with E-state index in [4.69, 9.17) is 10.5 Å². The van der Waals surface area contributed by atoms with Gasteiger partial charge in [0, 0.05) is 5.54 Å². The van der Waals surface area contributed by atoms with Crippen LogP contribution in [0, 0.1) is 19.7 Å². The van der Waals surface area contributed by atoms with Crippen LogP contribution in [-0.2, 0) is 5.54 Å². The van der Waals surface area contributed by atoms with Crippen LogP contribution in [0.25, 0.3) is 0 Å². The monoisotopic (exact) mass is 209 g/mol. The molecule has 1 aromatic rings. The summed E-state index contributed by atoms with van der Waals surface area (Å²) in [7, 11) is 1.56. The molecule has 0 bridgehead atoms. The predicted octanol–water partition coefficient (Wildman–Crippen LogP) is 2.40. The number of methoxy groups -OCH3 is 1. The molecule has 1 saturated carbocycles. The molecule has 1 aliphatic rings. The molecule has 2 nitrogen and oxygen atoms in total. The number of hydrogen-bond acceptors (Lipinski definition) is 2. The van der Waals surface area contributed by atoms with Crippen molar-refractivity contribution in [1.29, 1.82) is 0 Å². The van der Waals surface area contributed by atoms with Gasteiger partial charge in [0.2, 0.25) is 0 Å². The van der Waals surface area contributed by atoms with Gasteiger partial charge in [-0.2, -0.15) is 0 Å². The molecule has 0 radical (unpaired) electrons. The molecule has 2 N–H and O–H groups in total. The van der Waals surface area contributed by atoms with E-state index in [1.807, 2.05) is 6.92 Å². The van der Waals surface area contributed by atoms with Crippen molar-refractivity contribution in [3.63, 3.8) is 0 Å². The van der Waals surface area contributed by atoms with Crippen LogP contribution in [0.1, 0.15) is 29.5 Å². The predicted molar refractivity (Wildman–Crippen MR) is 57.5 cm³/mol. The minimum absolute atomic E-state index is 0.211. The largest absolute Gasteiger partial charge is 0.496 e. The highest BCUT2D eigenvalue weighted by Gasteiger charge is 2.45. The fourth-order valence-corrected chi connectivity index (χ4v) is 2.04. The Morgan fingerprint density at radius 1 is 1.33 bits per heavy atom. The van der Waals surface area contributed by atoms with E-state index in [9.17, 15) is 4.39 Å². The summed E-state index contributed by atoms with van der Waals surface area (Å²) in [5.41, 5.74) is 7.71. The number of hydrogen-bond donors (Lipinski definition) is 1. The Hall–Kier alpha value is -1.09. The lowest BCUT2D eigenvalue weighted by Gasteiger charge is -2.18. The topological polar surface area (TPSA) is 35.2 Å². The second-order valence-corrected chi connectivity index (χ2v) is 4.39. The van der Waals surface area contributed by atoms with Gasteiger partial charge in [0.15, 0.2) is 0 Å². The summed E-state index contributed by atoms with van der Waals surface area (Å²) < 4.78 is 19.3. The molecule has 15 heavy (non-hydrogen) atoms. The number of halogens is 1. The van der Waals surface area contributed by atoms with Crippen molar-refractivity contribution in [3.05, 3.63) is 28.6 Å². The number of nitrogens with two attached hydrogens (primary N) is 1. The second-order valence-electron chi connectivity index (χ2n) is 4.39. The molecule has 0 aliphatic heterocycles. The van der Waals surface area contributed by atoms with Gasteiger partial charge in [0.1, 0.15) is 11.6 Å². The van der Waals surface area contributed by atoms with Crippen LogP contribution in [0.4, 0.5) is 4.39 Å². The van der Waals surface area contributed by atoms with Gasteiger partial charge in [0.05, 0.1) is 12.7 Å². The minimum Gasteiger partial charge on any atom is -0.496 e. The van der Waals surface area contributed by atoms with Crippen LogP contribution >= 0.6 is 0 Å². The first-order valence-corrected chi connectivity index (χ1v) is 5.12. The summed E-state index contributed by atoms with van der Waals surface area (Å²) >= 11 is 0. The van der Waals surface area contributed by atoms with E-state index in [1.54, 1.807) is 20.1 Å². The zero-order valence-electron chi connectivity index (χ0n) is 9.36. The lowest BCUT2D eigenvalue weighted by atomic mass is 9.97. The average Bonchev–Trinajstić information content (AvgIpc) is 2.90. The van der Waals surface area contributed by atoms with Gasteiger partial charge in [-0.3, -0.25) is 0 Å². The Kier molecular flexibility index (Phi) is 2.23. The van der Waals surface area contributed by atoms with Crippen LogP contribution in [0.5, 0.6) is 5.75 Å². The van der Waals surface area contributed by atoms with E-state index in [-0.39, 0.29) is 5.82 Å². The molecular weight excluding hydrogens is 193 g/mol. The van der Waals surface area contributed by atoms with Crippen molar-refractivity contribution in [2.45, 2.75) is 32.2 Å². The van der Waals surface area contributed by atoms with Gasteiger partial charge in [0.25, 0.3) is 0 Å². The maximum absolute atomic E-state index is 14.0. The third-order valence-corrected chi connectivity index (χ3v) is 3.07. The highest BCUT2D eigenvalue weighted by atomic mass is 19.1. The third-order valence-electron chi connectivity index (χ3n) is 3.07. The molecule has 3 heteroatoms. The fraction of sp³-hybridized carbons (Fsp3) is 0.500. The maximum atomic E-state index is 14.0. The fourth-order valence-electron chi connectivity index (χ4n) is 2.04. The summed E-state index contributed by atoms with van der Waals surface area (Å²) in [5.74, 6) is 0.399. The van der Waals surface area contributed by atoms with Gasteiger partial charge >= 0.3 is 0 Å². The zero-order chi connectivity index (χ0) is 11.2. The van der Waals surface area contributed by atoms with Crippen LogP contribution < -0.4 is 10.5 Å². The Balaban J connectivity index is 2.68. The molecule has 0 atom stereocenters. The van der Waals surface area contributed by atoms with Crippen molar-refractivity contribution in [3.8, 4) is 5.75 Å². The van der Waals surface area contributed by atoms with Gasteiger partial charge < -0.3 is 10.5 Å². The highest BCUT2D eigenvalue weighted by Crippen LogP contribution is 2.49. The minimum atomic E-state index is -0.494. The molecule has 2 rings (SSSR count). The van der Waals surface area contributed by atoms with Crippen molar-refractivity contribution in [1.82, 2.24) is 0 Å². The summed E-state index contributed by atoms with van der Waals surface area (Å²) in [5, 5.41) is 0. The molecular formula is C12H16FNO. The van der Waals surface area contributed by atoms with Crippen molar-refractivity contribution in [2.24, 2.45) is 5.73 Å². The lowest BCUT2D eigenvalue weighted by molar-refractivity contribution is 0.393. The molecule has 1 aliphatic carbocycles. The molecule has 0 amide bonds. The van der Waals surface area contributed by atoms with Crippen molar-refractivity contribution in [2.75, 3.05) is 7.11 Å². The first kappa shape index (κ1) is 10.4.